The molecule has 9 nitrogen and oxygen atoms in total. The van der Waals surface area contributed by atoms with Gasteiger partial charge in [0, 0.05) is 47.5 Å². The van der Waals surface area contributed by atoms with Crippen LogP contribution in [0.5, 0.6) is 0 Å². The van der Waals surface area contributed by atoms with Crippen LogP contribution in [0.15, 0.2) is 67.1 Å². The van der Waals surface area contributed by atoms with Crippen LogP contribution in [0, 0.1) is 5.41 Å². The number of methoxy groups -OCH3 is 1. The van der Waals surface area contributed by atoms with E-state index < -0.39 is 11.4 Å². The Morgan fingerprint density at radius 1 is 1.08 bits per heavy atom. The molecule has 0 spiro atoms. The van der Waals surface area contributed by atoms with Gasteiger partial charge in [-0.05, 0) is 37.8 Å². The van der Waals surface area contributed by atoms with Crippen molar-refractivity contribution in [3.63, 3.8) is 0 Å². The van der Waals surface area contributed by atoms with Crippen molar-refractivity contribution in [2.75, 3.05) is 26.9 Å². The monoisotopic (exact) mass is 525 g/mol. The highest BCUT2D eigenvalue weighted by atomic mass is 16.5. The Balaban J connectivity index is 1.30. The molecule has 0 aliphatic heterocycles. The SMILES string of the molecule is COCCOCC1(C(=O)O)CCC(c2nc3c(-c4ccc(-c5ccccc5)nc4)cnn3c3[nH]ccc23)CC1. The number of ether oxygens (including phenoxy) is 2. The fraction of sp³-hybridized carbons (Fsp3) is 0.333. The maximum atomic E-state index is 12.3. The Hall–Kier alpha value is -4.08. The molecule has 4 heterocycles. The van der Waals surface area contributed by atoms with Crippen molar-refractivity contribution in [2.45, 2.75) is 31.6 Å². The first-order valence-electron chi connectivity index (χ1n) is 13.3. The number of carbonyl (C=O) groups is 1. The lowest BCUT2D eigenvalue weighted by molar-refractivity contribution is -0.156. The summed E-state index contributed by atoms with van der Waals surface area (Å²) in [5.41, 5.74) is 5.56. The van der Waals surface area contributed by atoms with E-state index in [2.05, 4.69) is 16.1 Å². The van der Waals surface area contributed by atoms with E-state index in [1.54, 1.807) is 7.11 Å². The molecule has 0 atom stereocenters. The molecule has 2 N–H and O–H groups in total. The van der Waals surface area contributed by atoms with Crippen LogP contribution in [0.2, 0.25) is 0 Å². The summed E-state index contributed by atoms with van der Waals surface area (Å²) < 4.78 is 12.6. The Labute approximate surface area is 225 Å². The number of aromatic nitrogens is 5. The van der Waals surface area contributed by atoms with Crippen LogP contribution in [0.1, 0.15) is 37.3 Å². The number of benzene rings is 1. The van der Waals surface area contributed by atoms with Crippen LogP contribution in [0.3, 0.4) is 0 Å². The first kappa shape index (κ1) is 25.2. The zero-order valence-electron chi connectivity index (χ0n) is 21.8. The van der Waals surface area contributed by atoms with E-state index in [0.29, 0.717) is 26.1 Å². The number of rotatable bonds is 9. The Morgan fingerprint density at radius 2 is 1.90 bits per heavy atom. The summed E-state index contributed by atoms with van der Waals surface area (Å²) in [6.45, 7) is 1.04. The number of pyridine rings is 1. The zero-order chi connectivity index (χ0) is 26.8. The fourth-order valence-corrected chi connectivity index (χ4v) is 5.65. The van der Waals surface area contributed by atoms with Gasteiger partial charge in [0.05, 0.1) is 42.8 Å². The van der Waals surface area contributed by atoms with Crippen molar-refractivity contribution >= 4 is 22.6 Å². The van der Waals surface area contributed by atoms with Gasteiger partial charge in [-0.1, -0.05) is 36.4 Å². The van der Waals surface area contributed by atoms with Crippen molar-refractivity contribution in [3.05, 3.63) is 72.8 Å². The first-order valence-corrected chi connectivity index (χ1v) is 13.3. The molecular weight excluding hydrogens is 494 g/mol. The fourth-order valence-electron chi connectivity index (χ4n) is 5.65. The molecule has 0 radical (unpaired) electrons. The number of hydrogen-bond acceptors (Lipinski definition) is 6. The summed E-state index contributed by atoms with van der Waals surface area (Å²) >= 11 is 0. The molecule has 4 aromatic heterocycles. The topological polar surface area (TPSA) is 115 Å². The van der Waals surface area contributed by atoms with Crippen molar-refractivity contribution in [1.29, 1.82) is 0 Å². The predicted octanol–water partition coefficient (Wildman–Crippen LogP) is 5.33. The third-order valence-electron chi connectivity index (χ3n) is 7.92. The van der Waals surface area contributed by atoms with Gasteiger partial charge in [0.2, 0.25) is 0 Å². The summed E-state index contributed by atoms with van der Waals surface area (Å²) in [6.07, 6.45) is 8.12. The number of carboxylic acid groups (broad SMARTS) is 1. The minimum atomic E-state index is -0.875. The van der Waals surface area contributed by atoms with Crippen molar-refractivity contribution in [2.24, 2.45) is 5.41 Å². The molecule has 1 saturated carbocycles. The molecular formula is C30H31N5O4. The standard InChI is InChI=1S/C30H31N5O4/c1-38-15-16-39-19-30(29(36)37)12-9-21(10-13-30)26-23-11-14-31-27(23)35-28(34-26)24(18-33-35)22-7-8-25(32-17-22)20-5-3-2-4-6-20/h2-8,11,14,17-18,21,31H,9-10,12-13,15-16,19H2,1H3,(H,36,37). The lowest BCUT2D eigenvalue weighted by Gasteiger charge is -2.36. The molecule has 9 heteroatoms. The Morgan fingerprint density at radius 3 is 2.62 bits per heavy atom. The van der Waals surface area contributed by atoms with Crippen LogP contribution >= 0.6 is 0 Å². The maximum absolute atomic E-state index is 12.3. The molecule has 200 valence electrons. The highest BCUT2D eigenvalue weighted by Crippen LogP contribution is 2.45. The molecule has 5 aromatic rings. The smallest absolute Gasteiger partial charge is 0.311 e. The highest BCUT2D eigenvalue weighted by molar-refractivity contribution is 5.86. The normalized spacial score (nSPS) is 19.6. The minimum absolute atomic E-state index is 0.140. The average Bonchev–Trinajstić information content (AvgIpc) is 3.63. The number of nitrogens with one attached hydrogen (secondary N) is 1. The molecule has 0 saturated heterocycles. The van der Waals surface area contributed by atoms with Crippen LogP contribution in [0.25, 0.3) is 39.1 Å². The molecule has 39 heavy (non-hydrogen) atoms. The van der Waals surface area contributed by atoms with E-state index in [4.69, 9.17) is 19.4 Å². The van der Waals surface area contributed by atoms with E-state index >= 15 is 0 Å². The predicted molar refractivity (Wildman–Crippen MR) is 147 cm³/mol. The third kappa shape index (κ3) is 4.68. The number of H-pyrrole nitrogens is 1. The number of carboxylic acids is 1. The van der Waals surface area contributed by atoms with E-state index in [-0.39, 0.29) is 12.5 Å². The third-order valence-corrected chi connectivity index (χ3v) is 7.92. The van der Waals surface area contributed by atoms with Gasteiger partial charge < -0.3 is 19.6 Å². The first-order chi connectivity index (χ1) is 19.1. The molecule has 0 bridgehead atoms. The molecule has 1 aliphatic carbocycles. The zero-order valence-corrected chi connectivity index (χ0v) is 21.8. The summed E-state index contributed by atoms with van der Waals surface area (Å²) in [6, 6.07) is 16.2. The second-order valence-electron chi connectivity index (χ2n) is 10.2. The molecule has 0 unspecified atom stereocenters. The molecule has 1 aliphatic rings. The van der Waals surface area contributed by atoms with Gasteiger partial charge in [0.1, 0.15) is 5.65 Å². The quantitative estimate of drug-likeness (QED) is 0.250. The average molecular weight is 526 g/mol. The summed E-state index contributed by atoms with van der Waals surface area (Å²) in [5, 5.41) is 15.7. The van der Waals surface area contributed by atoms with E-state index in [0.717, 1.165) is 57.6 Å². The second-order valence-corrected chi connectivity index (χ2v) is 10.2. The van der Waals surface area contributed by atoms with Gasteiger partial charge >= 0.3 is 5.97 Å². The summed E-state index contributed by atoms with van der Waals surface area (Å²) in [7, 11) is 1.61. The number of nitrogens with zero attached hydrogens (tertiary/aromatic N) is 4. The Bertz CT molecular complexity index is 1580. The van der Waals surface area contributed by atoms with E-state index in [1.165, 1.54) is 0 Å². The number of fused-ring (bicyclic) bond motifs is 3. The molecule has 1 aromatic carbocycles. The molecule has 6 rings (SSSR count). The number of hydrogen-bond donors (Lipinski definition) is 2. The van der Waals surface area contributed by atoms with Crippen molar-refractivity contribution < 1.29 is 19.4 Å². The minimum Gasteiger partial charge on any atom is -0.481 e. The maximum Gasteiger partial charge on any atom is 0.311 e. The number of aliphatic carboxylic acids is 1. The summed E-state index contributed by atoms with van der Waals surface area (Å²) in [4.78, 5) is 25.4. The van der Waals surface area contributed by atoms with Crippen molar-refractivity contribution in [3.8, 4) is 22.4 Å². The Kier molecular flexibility index (Phi) is 6.85. The van der Waals surface area contributed by atoms with Crippen LogP contribution in [-0.4, -0.2) is 62.6 Å². The van der Waals surface area contributed by atoms with E-state index in [9.17, 15) is 9.90 Å². The highest BCUT2D eigenvalue weighted by Gasteiger charge is 2.43. The molecule has 1 fully saturated rings. The van der Waals surface area contributed by atoms with Gasteiger partial charge in [0.15, 0.2) is 5.65 Å². The van der Waals surface area contributed by atoms with Crippen LogP contribution < -0.4 is 0 Å². The van der Waals surface area contributed by atoms with Gasteiger partial charge in [-0.2, -0.15) is 9.61 Å². The van der Waals surface area contributed by atoms with Gasteiger partial charge in [-0.15, -0.1) is 0 Å². The van der Waals surface area contributed by atoms with Crippen molar-refractivity contribution in [1.82, 2.24) is 24.6 Å². The summed E-state index contributed by atoms with van der Waals surface area (Å²) in [5.74, 6) is -0.654. The van der Waals surface area contributed by atoms with Gasteiger partial charge in [0.25, 0.3) is 0 Å². The second kappa shape index (κ2) is 10.6. The van der Waals surface area contributed by atoms with Crippen LogP contribution in [-0.2, 0) is 14.3 Å². The largest absolute Gasteiger partial charge is 0.481 e. The molecule has 0 amide bonds. The van der Waals surface area contributed by atoms with Gasteiger partial charge in [-0.3, -0.25) is 9.78 Å². The lowest BCUT2D eigenvalue weighted by Crippen LogP contribution is -2.39. The van der Waals surface area contributed by atoms with Crippen LogP contribution in [0.4, 0.5) is 0 Å². The van der Waals surface area contributed by atoms with E-state index in [1.807, 2.05) is 65.6 Å². The lowest BCUT2D eigenvalue weighted by atomic mass is 9.70. The number of aromatic amines is 1. The van der Waals surface area contributed by atoms with Gasteiger partial charge in [-0.25, -0.2) is 4.98 Å².